The first-order valence-corrected chi connectivity index (χ1v) is 27.8. The molecule has 0 radical (unpaired) electrons. The second kappa shape index (κ2) is 18.3. The van der Waals surface area contributed by atoms with Crippen LogP contribution in [0.25, 0.3) is 27.0 Å². The molecule has 3 aliphatic heterocycles. The number of halogens is 1. The van der Waals surface area contributed by atoms with Crippen molar-refractivity contribution in [2.75, 3.05) is 26.2 Å². The number of rotatable bonds is 10. The Hall–Kier alpha value is -4.76. The first-order chi connectivity index (χ1) is 34.0. The van der Waals surface area contributed by atoms with E-state index in [0.29, 0.717) is 11.3 Å². The topological polar surface area (TPSA) is 150 Å². The average Bonchev–Trinajstić information content (AvgIpc) is 4.19. The van der Waals surface area contributed by atoms with Crippen molar-refractivity contribution in [3.05, 3.63) is 109 Å². The van der Waals surface area contributed by atoms with E-state index in [1.165, 1.54) is 28.1 Å². The zero-order valence-corrected chi connectivity index (χ0v) is 44.3. The Morgan fingerprint density at radius 1 is 0.944 bits per heavy atom. The third-order valence-electron chi connectivity index (χ3n) is 17.9. The van der Waals surface area contributed by atoms with Crippen LogP contribution in [0.3, 0.4) is 0 Å². The van der Waals surface area contributed by atoms with Gasteiger partial charge in [0.15, 0.2) is 0 Å². The molecule has 3 N–H and O–H groups in total. The summed E-state index contributed by atoms with van der Waals surface area (Å²) in [5.74, 6) is 0.654. The lowest BCUT2D eigenvalue weighted by Gasteiger charge is -2.38. The van der Waals surface area contributed by atoms with Crippen molar-refractivity contribution in [3.8, 4) is 16.1 Å². The van der Waals surface area contributed by atoms with Crippen LogP contribution in [-0.4, -0.2) is 91.5 Å². The standard InChI is InChI=1S/C57H68BrN7O5S/c1-34(36-12-14-38(15-13-36)47-35(2)59-33-71-47)60-49(67)45-29-40(66)30-64(45)51(69)48(54(3,4)5)61-53(70)56-24-22-55(31-56,23-25-56)32-63-26-18-37(19-27-63)39-16-17-41-44(28-39)65-43-11-9-10-42(58)46(43)50(68)62-52(65)57(41)20-7-6-8-21-57/h9-17,28,33-34,37,40,45,48,66H,6-8,18-27,29-32H2,1-5H3,(H,60,67)(H,61,70)/t34-,40+,45-,48+,55?,56?/m0/s1. The summed E-state index contributed by atoms with van der Waals surface area (Å²) in [7, 11) is 0. The number of benzene rings is 3. The van der Waals surface area contributed by atoms with E-state index >= 15 is 0 Å². The Labute approximate surface area is 429 Å². The van der Waals surface area contributed by atoms with E-state index in [1.807, 2.05) is 76.5 Å². The molecule has 71 heavy (non-hydrogen) atoms. The van der Waals surface area contributed by atoms with E-state index in [-0.39, 0.29) is 53.1 Å². The van der Waals surface area contributed by atoms with E-state index in [2.05, 4.69) is 65.3 Å². The molecule has 14 heteroatoms. The summed E-state index contributed by atoms with van der Waals surface area (Å²) in [5, 5.41) is 17.9. The predicted molar refractivity (Wildman–Crippen MR) is 282 cm³/mol. The van der Waals surface area contributed by atoms with Gasteiger partial charge in [0.1, 0.15) is 17.9 Å². The summed E-state index contributed by atoms with van der Waals surface area (Å²) in [6.07, 6.45) is 11.4. The van der Waals surface area contributed by atoms with Crippen LogP contribution in [0.4, 0.5) is 0 Å². The maximum Gasteiger partial charge on any atom is 0.281 e. The van der Waals surface area contributed by atoms with Crippen LogP contribution in [-0.2, 0) is 19.8 Å². The lowest BCUT2D eigenvalue weighted by atomic mass is 9.69. The number of hydrogen-bond acceptors (Lipinski definition) is 9. The van der Waals surface area contributed by atoms with E-state index in [1.54, 1.807) is 11.3 Å². The third-order valence-corrected chi connectivity index (χ3v) is 19.5. The maximum atomic E-state index is 14.6. The van der Waals surface area contributed by atoms with Gasteiger partial charge in [-0.2, -0.15) is 4.98 Å². The van der Waals surface area contributed by atoms with E-state index in [0.717, 1.165) is 128 Å². The van der Waals surface area contributed by atoms with E-state index in [9.17, 15) is 24.3 Å². The van der Waals surface area contributed by atoms with Gasteiger partial charge >= 0.3 is 0 Å². The summed E-state index contributed by atoms with van der Waals surface area (Å²) in [4.78, 5) is 71.3. The molecule has 6 aliphatic rings. The third kappa shape index (κ3) is 8.50. The number of aliphatic hydroxyl groups excluding tert-OH is 1. The van der Waals surface area contributed by atoms with Gasteiger partial charge in [0.2, 0.25) is 17.7 Å². The molecule has 3 aromatic carbocycles. The van der Waals surface area contributed by atoms with Crippen molar-refractivity contribution in [3.63, 3.8) is 0 Å². The van der Waals surface area contributed by atoms with Gasteiger partial charge in [-0.15, -0.1) is 11.3 Å². The second-order valence-electron chi connectivity index (χ2n) is 23.4. The van der Waals surface area contributed by atoms with Crippen LogP contribution in [0.5, 0.6) is 0 Å². The molecule has 5 aromatic rings. The smallest absolute Gasteiger partial charge is 0.281 e. The van der Waals surface area contributed by atoms with Crippen LogP contribution in [0, 0.1) is 23.2 Å². The highest BCUT2D eigenvalue weighted by molar-refractivity contribution is 9.10. The number of carbonyl (C=O) groups is 3. The number of nitrogens with zero attached hydrogens (tertiary/aromatic N) is 5. The van der Waals surface area contributed by atoms with Gasteiger partial charge in [-0.05, 0) is 158 Å². The molecule has 2 saturated heterocycles. The summed E-state index contributed by atoms with van der Waals surface area (Å²) >= 11 is 5.26. The lowest BCUT2D eigenvalue weighted by molar-refractivity contribution is -0.145. The highest BCUT2D eigenvalue weighted by atomic mass is 79.9. The number of carbonyl (C=O) groups excluding carboxylic acids is 3. The quantitative estimate of drug-likeness (QED) is 0.125. The molecular weight excluding hydrogens is 975 g/mol. The molecule has 3 aliphatic carbocycles. The van der Waals surface area contributed by atoms with Crippen molar-refractivity contribution in [2.24, 2.45) is 16.2 Å². The fourth-order valence-electron chi connectivity index (χ4n) is 14.0. The Morgan fingerprint density at radius 2 is 1.68 bits per heavy atom. The molecule has 5 heterocycles. The maximum absolute atomic E-state index is 14.6. The van der Waals surface area contributed by atoms with Crippen LogP contribution >= 0.6 is 27.3 Å². The van der Waals surface area contributed by atoms with E-state index in [4.69, 9.17) is 4.98 Å². The molecule has 0 unspecified atom stereocenters. The minimum absolute atomic E-state index is 0.0395. The average molecular weight is 1040 g/mol. The molecule has 3 amide bonds. The lowest BCUT2D eigenvalue weighted by Crippen LogP contribution is -2.59. The summed E-state index contributed by atoms with van der Waals surface area (Å²) < 4.78 is 3.09. The first kappa shape index (κ1) is 48.5. The van der Waals surface area contributed by atoms with Crippen molar-refractivity contribution in [1.29, 1.82) is 0 Å². The molecule has 4 atom stereocenters. The van der Waals surface area contributed by atoms with Gasteiger partial charge in [0.25, 0.3) is 5.56 Å². The minimum atomic E-state index is -0.861. The number of thiazole rings is 1. The van der Waals surface area contributed by atoms with Crippen molar-refractivity contribution >= 4 is 55.9 Å². The SMILES string of the molecule is Cc1ncsc1-c1ccc([C@H](C)NC(=O)[C@@H]2C[C@@H](O)CN2C(=O)[C@@H](NC(=O)C23CCC(CN4CCC(c5ccc6c(c5)-n5c(nc(=O)c7c(Br)cccc75)C65CCCCC5)CC4)(CC2)C3)C(C)(C)C)cc1. The molecule has 2 bridgehead atoms. The fourth-order valence-corrected chi connectivity index (χ4v) is 15.3. The molecule has 2 aromatic heterocycles. The molecule has 1 spiro atoms. The van der Waals surface area contributed by atoms with Crippen molar-refractivity contribution in [1.82, 2.24) is 35.0 Å². The van der Waals surface area contributed by atoms with Gasteiger partial charge in [-0.1, -0.05) is 82.5 Å². The normalized spacial score (nSPS) is 25.9. The predicted octanol–water partition coefficient (Wildman–Crippen LogP) is 9.64. The Bertz CT molecular complexity index is 2960. The molecule has 12 nitrogen and oxygen atoms in total. The number of β-amino-alcohol motifs (C(OH)–C–C–N with tert-alkyl or cyclic N) is 1. The van der Waals surface area contributed by atoms with Crippen molar-refractivity contribution in [2.45, 2.75) is 154 Å². The highest BCUT2D eigenvalue weighted by Gasteiger charge is 2.59. The molecular formula is C57H68BrN7O5S. The zero-order chi connectivity index (χ0) is 49.6. The van der Waals surface area contributed by atoms with E-state index < -0.39 is 29.0 Å². The van der Waals surface area contributed by atoms with Crippen LogP contribution in [0.1, 0.15) is 151 Å². The van der Waals surface area contributed by atoms with Gasteiger partial charge in [0.05, 0.1) is 50.2 Å². The number of aliphatic hydroxyl groups is 1. The van der Waals surface area contributed by atoms with Gasteiger partial charge in [0, 0.05) is 29.4 Å². The highest BCUT2D eigenvalue weighted by Crippen LogP contribution is 2.62. The monoisotopic (exact) mass is 1040 g/mol. The molecule has 374 valence electrons. The number of hydrogen-bond donors (Lipinski definition) is 3. The number of amides is 3. The van der Waals surface area contributed by atoms with Gasteiger partial charge < -0.3 is 25.5 Å². The van der Waals surface area contributed by atoms with Crippen LogP contribution in [0.2, 0.25) is 0 Å². The van der Waals surface area contributed by atoms with Crippen LogP contribution < -0.4 is 16.2 Å². The van der Waals surface area contributed by atoms with Crippen LogP contribution in [0.15, 0.2) is 75.4 Å². The largest absolute Gasteiger partial charge is 0.391 e. The Balaban J connectivity index is 0.733. The molecule has 5 fully saturated rings. The molecule has 3 saturated carbocycles. The number of nitrogens with one attached hydrogen (secondary N) is 2. The summed E-state index contributed by atoms with van der Waals surface area (Å²) in [6, 6.07) is 19.2. The number of fused-ring (bicyclic) bond motifs is 9. The number of likely N-dealkylation sites (tertiary alicyclic amines) is 2. The molecule has 11 rings (SSSR count). The number of aromatic nitrogens is 3. The Morgan fingerprint density at radius 3 is 2.37 bits per heavy atom. The zero-order valence-electron chi connectivity index (χ0n) is 41.9. The number of piperidine rings is 1. The summed E-state index contributed by atoms with van der Waals surface area (Å²) in [5.41, 5.74) is 8.14. The second-order valence-corrected chi connectivity index (χ2v) is 25.1. The van der Waals surface area contributed by atoms with Gasteiger partial charge in [-0.25, -0.2) is 4.98 Å². The number of aryl methyl sites for hydroxylation is 1. The summed E-state index contributed by atoms with van der Waals surface area (Å²) in [6.45, 7) is 12.8. The Kier molecular flexibility index (Phi) is 12.5. The minimum Gasteiger partial charge on any atom is -0.391 e. The van der Waals surface area contributed by atoms with Gasteiger partial charge in [-0.3, -0.25) is 23.7 Å². The van der Waals surface area contributed by atoms with Crippen molar-refractivity contribution < 1.29 is 19.5 Å². The first-order valence-electron chi connectivity index (χ1n) is 26.2. The fraction of sp³-hybridized carbons (Fsp3) is 0.544.